The van der Waals surface area contributed by atoms with E-state index in [2.05, 4.69) is 20.8 Å². The van der Waals surface area contributed by atoms with Crippen molar-refractivity contribution in [2.45, 2.75) is 111 Å². The first-order valence-corrected chi connectivity index (χ1v) is 12.6. The van der Waals surface area contributed by atoms with Gasteiger partial charge in [-0.1, -0.05) is 27.7 Å². The van der Waals surface area contributed by atoms with Crippen molar-refractivity contribution >= 4 is 5.78 Å². The van der Waals surface area contributed by atoms with Gasteiger partial charge in [0.05, 0.1) is 12.2 Å². The van der Waals surface area contributed by atoms with E-state index in [1.54, 1.807) is 0 Å². The number of aliphatic hydroxyl groups excluding tert-OH is 2. The van der Waals surface area contributed by atoms with Crippen molar-refractivity contribution in [1.29, 1.82) is 0 Å². The SMILES string of the molecule is CCC(=O)CC[C@@H](C)[C@H]1CC[C@H]2[C@@H]3CC[C@@H]4C[C@H](O)CC[C@]4(C)[C@H]3C[C@H](O)[C@]12C. The molecule has 0 aliphatic heterocycles. The number of fused-ring (bicyclic) bond motifs is 5. The zero-order valence-electron chi connectivity index (χ0n) is 19.2. The van der Waals surface area contributed by atoms with Gasteiger partial charge in [0.2, 0.25) is 0 Å². The molecule has 4 aliphatic carbocycles. The number of ketones is 1. The molecule has 4 saturated carbocycles. The molecule has 0 radical (unpaired) electrons. The highest BCUT2D eigenvalue weighted by molar-refractivity contribution is 5.77. The number of hydrogen-bond donors (Lipinski definition) is 2. The summed E-state index contributed by atoms with van der Waals surface area (Å²) in [6.07, 6.45) is 11.1. The molecule has 3 heteroatoms. The Hall–Kier alpha value is -0.410. The van der Waals surface area contributed by atoms with Crippen molar-refractivity contribution < 1.29 is 15.0 Å². The van der Waals surface area contributed by atoms with E-state index < -0.39 is 0 Å². The first-order chi connectivity index (χ1) is 13.7. The molecule has 10 atom stereocenters. The molecule has 4 aliphatic rings. The molecule has 0 unspecified atom stereocenters. The fourth-order valence-electron chi connectivity index (χ4n) is 8.93. The smallest absolute Gasteiger partial charge is 0.132 e. The van der Waals surface area contributed by atoms with Crippen LogP contribution in [0.1, 0.15) is 98.3 Å². The summed E-state index contributed by atoms with van der Waals surface area (Å²) in [4.78, 5) is 11.9. The number of rotatable bonds is 5. The third kappa shape index (κ3) is 3.43. The minimum atomic E-state index is -0.215. The highest BCUT2D eigenvalue weighted by Gasteiger charge is 2.63. The van der Waals surface area contributed by atoms with Gasteiger partial charge >= 0.3 is 0 Å². The standard InChI is InChI=1S/C26H44O3/c1-5-18(27)8-6-16(2)21-10-11-22-20-9-7-17-14-19(28)12-13-25(17,3)23(20)15-24(29)26(21,22)4/h16-17,19-24,28-29H,5-15H2,1-4H3/t16-,17-,19-,20+,21-,22+,23+,24+,25+,26-/m1/s1. The number of hydrogen-bond acceptors (Lipinski definition) is 3. The maximum Gasteiger partial charge on any atom is 0.132 e. The molecule has 0 aromatic carbocycles. The van der Waals surface area contributed by atoms with Crippen LogP contribution in [-0.2, 0) is 4.79 Å². The van der Waals surface area contributed by atoms with E-state index in [-0.39, 0.29) is 17.6 Å². The second kappa shape index (κ2) is 7.93. The summed E-state index contributed by atoms with van der Waals surface area (Å²) in [6, 6.07) is 0. The Kier molecular flexibility index (Phi) is 5.97. The monoisotopic (exact) mass is 404 g/mol. The molecule has 3 nitrogen and oxygen atoms in total. The molecule has 0 aromatic rings. The van der Waals surface area contributed by atoms with Crippen LogP contribution < -0.4 is 0 Å². The maximum absolute atomic E-state index is 11.9. The van der Waals surface area contributed by atoms with Crippen molar-refractivity contribution in [3.05, 3.63) is 0 Å². The average Bonchev–Trinajstić information content (AvgIpc) is 3.06. The zero-order chi connectivity index (χ0) is 21.0. The van der Waals surface area contributed by atoms with Crippen LogP contribution >= 0.6 is 0 Å². The molecule has 29 heavy (non-hydrogen) atoms. The van der Waals surface area contributed by atoms with E-state index in [9.17, 15) is 15.0 Å². The van der Waals surface area contributed by atoms with Crippen LogP contribution in [-0.4, -0.2) is 28.2 Å². The number of Topliss-reactive ketones (excluding diaryl/α,β-unsaturated/α-hetero) is 1. The lowest BCUT2D eigenvalue weighted by Crippen LogP contribution is -2.58. The van der Waals surface area contributed by atoms with Gasteiger partial charge in [-0.05, 0) is 104 Å². The highest BCUT2D eigenvalue weighted by atomic mass is 16.3. The first-order valence-electron chi connectivity index (χ1n) is 12.6. The van der Waals surface area contributed by atoms with Crippen molar-refractivity contribution in [2.75, 3.05) is 0 Å². The molecular formula is C26H44O3. The largest absolute Gasteiger partial charge is 0.393 e. The molecule has 166 valence electrons. The third-order valence-corrected chi connectivity index (χ3v) is 10.8. The Balaban J connectivity index is 1.53. The van der Waals surface area contributed by atoms with Crippen molar-refractivity contribution in [1.82, 2.24) is 0 Å². The normalized spacial score (nSPS) is 50.3. The molecule has 0 saturated heterocycles. The topological polar surface area (TPSA) is 57.5 Å². The maximum atomic E-state index is 11.9. The van der Waals surface area contributed by atoms with Crippen LogP contribution in [0.5, 0.6) is 0 Å². The predicted molar refractivity (Wildman–Crippen MR) is 116 cm³/mol. The summed E-state index contributed by atoms with van der Waals surface area (Å²) in [7, 11) is 0. The fraction of sp³-hybridized carbons (Fsp3) is 0.962. The molecule has 0 heterocycles. The predicted octanol–water partition coefficient (Wildman–Crippen LogP) is 5.37. The van der Waals surface area contributed by atoms with Crippen LogP contribution in [0.2, 0.25) is 0 Å². The van der Waals surface area contributed by atoms with E-state index >= 15 is 0 Å². The average molecular weight is 405 g/mol. The second-order valence-electron chi connectivity index (χ2n) is 11.8. The van der Waals surface area contributed by atoms with Gasteiger partial charge in [0.1, 0.15) is 5.78 Å². The lowest BCUT2D eigenvalue weighted by molar-refractivity contribution is -0.174. The van der Waals surface area contributed by atoms with E-state index in [4.69, 9.17) is 0 Å². The quantitative estimate of drug-likeness (QED) is 0.647. The van der Waals surface area contributed by atoms with Crippen LogP contribution in [0.25, 0.3) is 0 Å². The third-order valence-electron chi connectivity index (χ3n) is 10.8. The Morgan fingerprint density at radius 2 is 1.79 bits per heavy atom. The van der Waals surface area contributed by atoms with E-state index in [1.807, 2.05) is 6.92 Å². The summed E-state index contributed by atoms with van der Waals surface area (Å²) in [5.41, 5.74) is 0.328. The first kappa shape index (κ1) is 21.8. The molecular weight excluding hydrogens is 360 g/mol. The van der Waals surface area contributed by atoms with Gasteiger partial charge in [-0.2, -0.15) is 0 Å². The molecule has 0 spiro atoms. The second-order valence-corrected chi connectivity index (χ2v) is 11.8. The van der Waals surface area contributed by atoms with Crippen LogP contribution in [0.4, 0.5) is 0 Å². The molecule has 0 aromatic heterocycles. The van der Waals surface area contributed by atoms with Crippen LogP contribution in [0, 0.1) is 46.3 Å². The van der Waals surface area contributed by atoms with E-state index in [0.29, 0.717) is 53.6 Å². The van der Waals surface area contributed by atoms with Gasteiger partial charge in [-0.3, -0.25) is 4.79 Å². The van der Waals surface area contributed by atoms with Gasteiger partial charge in [-0.15, -0.1) is 0 Å². The minimum absolute atomic E-state index is 0.0211. The number of carbonyl (C=O) groups excluding carboxylic acids is 1. The number of aliphatic hydroxyl groups is 2. The molecule has 0 amide bonds. The summed E-state index contributed by atoms with van der Waals surface area (Å²) < 4.78 is 0. The summed E-state index contributed by atoms with van der Waals surface area (Å²) in [6.45, 7) is 9.18. The summed E-state index contributed by atoms with van der Waals surface area (Å²) in [5, 5.41) is 21.8. The molecule has 2 N–H and O–H groups in total. The lowest BCUT2D eigenvalue weighted by Gasteiger charge is -2.62. The van der Waals surface area contributed by atoms with Gasteiger partial charge in [-0.25, -0.2) is 0 Å². The Morgan fingerprint density at radius 3 is 2.52 bits per heavy atom. The lowest BCUT2D eigenvalue weighted by atomic mass is 9.43. The number of carbonyl (C=O) groups is 1. The minimum Gasteiger partial charge on any atom is -0.393 e. The Labute approximate surface area is 178 Å². The molecule has 0 bridgehead atoms. The van der Waals surface area contributed by atoms with Crippen molar-refractivity contribution in [3.63, 3.8) is 0 Å². The molecule has 4 rings (SSSR count). The molecule has 4 fully saturated rings. The van der Waals surface area contributed by atoms with Gasteiger partial charge in [0, 0.05) is 12.8 Å². The van der Waals surface area contributed by atoms with E-state index in [1.165, 1.54) is 25.7 Å². The van der Waals surface area contributed by atoms with E-state index in [0.717, 1.165) is 38.0 Å². The van der Waals surface area contributed by atoms with Gasteiger partial charge in [0.15, 0.2) is 0 Å². The Morgan fingerprint density at radius 1 is 1.03 bits per heavy atom. The van der Waals surface area contributed by atoms with Crippen LogP contribution in [0.3, 0.4) is 0 Å². The highest BCUT2D eigenvalue weighted by Crippen LogP contribution is 2.68. The Bertz CT molecular complexity index is 617. The van der Waals surface area contributed by atoms with Crippen LogP contribution in [0.15, 0.2) is 0 Å². The summed E-state index contributed by atoms with van der Waals surface area (Å²) in [5.74, 6) is 4.09. The van der Waals surface area contributed by atoms with Crippen molar-refractivity contribution in [2.24, 2.45) is 46.3 Å². The fourth-order valence-corrected chi connectivity index (χ4v) is 8.93. The van der Waals surface area contributed by atoms with Gasteiger partial charge in [0.25, 0.3) is 0 Å². The van der Waals surface area contributed by atoms with Gasteiger partial charge < -0.3 is 10.2 Å². The zero-order valence-corrected chi connectivity index (χ0v) is 19.2. The summed E-state index contributed by atoms with van der Waals surface area (Å²) >= 11 is 0. The van der Waals surface area contributed by atoms with Crippen molar-refractivity contribution in [3.8, 4) is 0 Å².